The number of hydrogen-bond donors (Lipinski definition) is 0. The average molecular weight is 289 g/mol. The summed E-state index contributed by atoms with van der Waals surface area (Å²) < 4.78 is 41.1. The van der Waals surface area contributed by atoms with Gasteiger partial charge in [-0.1, -0.05) is 48.2 Å². The zero-order valence-electron chi connectivity index (χ0n) is 11.2. The Labute approximate surface area is 121 Å². The van der Waals surface area contributed by atoms with Gasteiger partial charge in [-0.2, -0.15) is 0 Å². The molecule has 0 N–H and O–H groups in total. The Kier molecular flexibility index (Phi) is 5.07. The van der Waals surface area contributed by atoms with E-state index in [1.165, 1.54) is 0 Å². The largest absolute Gasteiger partial charge is 0.503 e. The maximum Gasteiger partial charge on any atom is 0.503 e. The van der Waals surface area contributed by atoms with Gasteiger partial charge in [0, 0.05) is 17.6 Å². The van der Waals surface area contributed by atoms with Gasteiger partial charge < -0.3 is 17.7 Å². The molecule has 0 radical (unpaired) electrons. The second-order valence-corrected chi connectivity index (χ2v) is 4.50. The van der Waals surface area contributed by atoms with Crippen LogP contribution in [0.4, 0.5) is 12.9 Å². The molecule has 1 nitrogen and oxygen atoms in total. The minimum atomic E-state index is -4.92. The van der Waals surface area contributed by atoms with Crippen molar-refractivity contribution in [2.24, 2.45) is 0 Å². The Hall–Kier alpha value is -2.19. The fourth-order valence-corrected chi connectivity index (χ4v) is 1.73. The highest BCUT2D eigenvalue weighted by molar-refractivity contribution is 6.58. The van der Waals surface area contributed by atoms with Gasteiger partial charge in [0.2, 0.25) is 0 Å². The number of benzene rings is 2. The van der Waals surface area contributed by atoms with Crippen LogP contribution in [0.1, 0.15) is 16.7 Å². The molecule has 0 saturated heterocycles. The van der Waals surface area contributed by atoms with Crippen LogP contribution >= 0.6 is 0 Å². The van der Waals surface area contributed by atoms with Crippen molar-refractivity contribution in [1.82, 2.24) is 0 Å². The summed E-state index contributed by atoms with van der Waals surface area (Å²) in [5, 5.41) is 0. The minimum Gasteiger partial charge on any atom is -0.447 e. The molecule has 21 heavy (non-hydrogen) atoms. The van der Waals surface area contributed by atoms with Gasteiger partial charge in [0.1, 0.15) is 0 Å². The second-order valence-electron chi connectivity index (χ2n) is 4.50. The van der Waals surface area contributed by atoms with Crippen LogP contribution in [0, 0.1) is 11.8 Å². The van der Waals surface area contributed by atoms with Crippen LogP contribution in [0.2, 0.25) is 0 Å². The van der Waals surface area contributed by atoms with Crippen LogP contribution in [0.3, 0.4) is 0 Å². The van der Waals surface area contributed by atoms with Crippen LogP contribution in [0.5, 0.6) is 0 Å². The van der Waals surface area contributed by atoms with Crippen molar-refractivity contribution in [3.05, 3.63) is 71.3 Å². The average Bonchev–Trinajstić information content (AvgIpc) is 2.46. The predicted molar refractivity (Wildman–Crippen MR) is 77.6 cm³/mol. The van der Waals surface area contributed by atoms with Gasteiger partial charge in [0.15, 0.2) is 0 Å². The summed E-state index contributed by atoms with van der Waals surface area (Å²) in [6, 6.07) is 16.4. The van der Waals surface area contributed by atoms with Gasteiger partial charge in [-0.25, -0.2) is 0 Å². The third-order valence-electron chi connectivity index (χ3n) is 2.70. The Bertz CT molecular complexity index is 642. The van der Waals surface area contributed by atoms with Crippen molar-refractivity contribution >= 4 is 6.98 Å². The van der Waals surface area contributed by atoms with Crippen molar-refractivity contribution in [3.8, 4) is 11.8 Å². The highest BCUT2D eigenvalue weighted by Gasteiger charge is 2.23. The maximum atomic E-state index is 12.1. The van der Waals surface area contributed by atoms with E-state index in [0.717, 1.165) is 5.56 Å². The minimum absolute atomic E-state index is 0.0963. The van der Waals surface area contributed by atoms with Crippen LogP contribution in [-0.4, -0.2) is 13.5 Å². The summed E-state index contributed by atoms with van der Waals surface area (Å²) in [7, 11) is 0. The molecule has 0 spiro atoms. The summed E-state index contributed by atoms with van der Waals surface area (Å²) in [5.41, 5.74) is 2.18. The van der Waals surface area contributed by atoms with Gasteiger partial charge in [-0.15, -0.1) is 0 Å². The van der Waals surface area contributed by atoms with Crippen LogP contribution < -0.4 is 0 Å². The summed E-state index contributed by atoms with van der Waals surface area (Å²) in [4.78, 5) is 0. The standard InChI is InChI=1S/C16H13BF3O/c18-17(19,20)13-21-12-16-9-5-4-8-15(16)11-10-14-6-2-1-3-7-14/h1-9H,12-13H2/q-1. The molecule has 0 aromatic heterocycles. The van der Waals surface area contributed by atoms with E-state index in [2.05, 4.69) is 11.8 Å². The molecule has 5 heteroatoms. The third-order valence-corrected chi connectivity index (χ3v) is 2.70. The Morgan fingerprint density at radius 3 is 2.24 bits per heavy atom. The number of ether oxygens (including phenoxy) is 1. The number of rotatable bonds is 4. The molecule has 0 aliphatic carbocycles. The first-order valence-corrected chi connectivity index (χ1v) is 6.48. The molecule has 0 fully saturated rings. The zero-order valence-corrected chi connectivity index (χ0v) is 11.2. The SMILES string of the molecule is F[B-](F)(F)COCc1ccccc1C#Cc1ccccc1. The molecule has 0 atom stereocenters. The molecule has 0 amide bonds. The molecule has 108 valence electrons. The van der Waals surface area contributed by atoms with E-state index in [1.807, 2.05) is 30.3 Å². The van der Waals surface area contributed by atoms with Gasteiger partial charge in [0.05, 0.1) is 6.61 Å². The van der Waals surface area contributed by atoms with E-state index in [4.69, 9.17) is 4.74 Å². The lowest BCUT2D eigenvalue weighted by Crippen LogP contribution is -2.23. The lowest BCUT2D eigenvalue weighted by Gasteiger charge is -2.14. The van der Waals surface area contributed by atoms with E-state index in [0.29, 0.717) is 11.1 Å². The predicted octanol–water partition coefficient (Wildman–Crippen LogP) is 3.99. The van der Waals surface area contributed by atoms with Crippen molar-refractivity contribution in [3.63, 3.8) is 0 Å². The molecular weight excluding hydrogens is 276 g/mol. The maximum absolute atomic E-state index is 12.1. The van der Waals surface area contributed by atoms with Crippen molar-refractivity contribution in [2.45, 2.75) is 6.61 Å². The van der Waals surface area contributed by atoms with E-state index in [1.54, 1.807) is 24.3 Å². The molecule has 0 saturated carbocycles. The van der Waals surface area contributed by atoms with E-state index >= 15 is 0 Å². The molecule has 0 heterocycles. The van der Waals surface area contributed by atoms with Gasteiger partial charge >= 0.3 is 6.98 Å². The first-order chi connectivity index (χ1) is 10.0. The normalized spacial score (nSPS) is 10.8. The van der Waals surface area contributed by atoms with Crippen molar-refractivity contribution in [1.29, 1.82) is 0 Å². The Morgan fingerprint density at radius 1 is 0.857 bits per heavy atom. The molecule has 0 aliphatic rings. The number of hydrogen-bond acceptors (Lipinski definition) is 1. The van der Waals surface area contributed by atoms with Crippen molar-refractivity contribution < 1.29 is 17.7 Å². The smallest absolute Gasteiger partial charge is 0.447 e. The number of halogens is 3. The van der Waals surface area contributed by atoms with E-state index < -0.39 is 13.5 Å². The van der Waals surface area contributed by atoms with Gasteiger partial charge in [-0.3, -0.25) is 0 Å². The first kappa shape index (κ1) is 15.2. The zero-order chi connectivity index (χ0) is 15.1. The van der Waals surface area contributed by atoms with E-state index in [-0.39, 0.29) is 6.61 Å². The van der Waals surface area contributed by atoms with Gasteiger partial charge in [-0.05, 0) is 23.8 Å². The first-order valence-electron chi connectivity index (χ1n) is 6.48. The molecule has 0 bridgehead atoms. The van der Waals surface area contributed by atoms with Gasteiger partial charge in [0.25, 0.3) is 0 Å². The molecule has 2 aromatic rings. The fourth-order valence-electron chi connectivity index (χ4n) is 1.73. The summed E-state index contributed by atoms with van der Waals surface area (Å²) in [5.74, 6) is 5.96. The molecule has 2 aromatic carbocycles. The Balaban J connectivity index is 2.09. The van der Waals surface area contributed by atoms with E-state index in [9.17, 15) is 12.9 Å². The summed E-state index contributed by atoms with van der Waals surface area (Å²) in [6.07, 6.45) is 0. The lowest BCUT2D eigenvalue weighted by atomic mass is 9.95. The summed E-state index contributed by atoms with van der Waals surface area (Å²) >= 11 is 0. The molecule has 0 aliphatic heterocycles. The fraction of sp³-hybridized carbons (Fsp3) is 0.125. The summed E-state index contributed by atoms with van der Waals surface area (Å²) in [6.45, 7) is -6.21. The van der Waals surface area contributed by atoms with Crippen LogP contribution in [0.25, 0.3) is 0 Å². The van der Waals surface area contributed by atoms with Crippen LogP contribution in [0.15, 0.2) is 54.6 Å². The molecular formula is C16H13BF3O-. The highest BCUT2D eigenvalue weighted by Crippen LogP contribution is 2.13. The lowest BCUT2D eigenvalue weighted by molar-refractivity contribution is 0.137. The topological polar surface area (TPSA) is 9.23 Å². The quantitative estimate of drug-likeness (QED) is 0.611. The molecule has 0 unspecified atom stereocenters. The van der Waals surface area contributed by atoms with Crippen LogP contribution in [-0.2, 0) is 11.3 Å². The third kappa shape index (κ3) is 5.37. The Morgan fingerprint density at radius 2 is 1.52 bits per heavy atom. The second kappa shape index (κ2) is 7.01. The monoisotopic (exact) mass is 289 g/mol. The molecule has 2 rings (SSSR count). The highest BCUT2D eigenvalue weighted by atomic mass is 19.4. The van der Waals surface area contributed by atoms with Crippen molar-refractivity contribution in [2.75, 3.05) is 6.51 Å².